The average Bonchev–Trinajstić information content (AvgIpc) is 2.87. The number of hydrogen-bond acceptors (Lipinski definition) is 5. The van der Waals surface area contributed by atoms with E-state index in [2.05, 4.69) is 0 Å². The number of hydrogen-bond donors (Lipinski definition) is 1. The number of benzene rings is 1. The van der Waals surface area contributed by atoms with Crippen LogP contribution in [0, 0.1) is 0 Å². The number of rotatable bonds is 11. The summed E-state index contributed by atoms with van der Waals surface area (Å²) in [4.78, 5) is 36.2. The third-order valence-electron chi connectivity index (χ3n) is 4.68. The molecule has 1 aliphatic rings. The predicted molar refractivity (Wildman–Crippen MR) is 102 cm³/mol. The quantitative estimate of drug-likeness (QED) is 0.266. The summed E-state index contributed by atoms with van der Waals surface area (Å²) in [6.07, 6.45) is 1.73. The first-order chi connectivity index (χ1) is 12.8. The van der Waals surface area contributed by atoms with E-state index in [-0.39, 0.29) is 31.2 Å². The molecule has 2 amide bonds. The van der Waals surface area contributed by atoms with E-state index < -0.39 is 12.9 Å². The van der Waals surface area contributed by atoms with Gasteiger partial charge >= 0.3 is 0 Å². The average molecular weight is 397 g/mol. The number of ether oxygens (including phenoxy) is 2. The maximum atomic E-state index is 12.7. The zero-order valence-electron chi connectivity index (χ0n) is 16.1. The summed E-state index contributed by atoms with van der Waals surface area (Å²) in [6, 6.07) is 6.78. The van der Waals surface area contributed by atoms with Crippen molar-refractivity contribution in [1.29, 1.82) is 0 Å². The van der Waals surface area contributed by atoms with Gasteiger partial charge in [0.2, 0.25) is 5.53 Å². The molecular formula is C19H28NO6P. The van der Waals surface area contributed by atoms with Crippen molar-refractivity contribution >= 4 is 19.2 Å². The summed E-state index contributed by atoms with van der Waals surface area (Å²) in [5, 5.41) is 0. The zero-order valence-corrected chi connectivity index (χ0v) is 17.0. The SMILES string of the molecule is CCOC(C)(OCC)P(=O)(O)CCCCCN1C(=O)c2ccccc2C1=O. The molecule has 0 fully saturated rings. The highest BCUT2D eigenvalue weighted by atomic mass is 31.2. The first-order valence-electron chi connectivity index (χ1n) is 9.32. The molecule has 8 heteroatoms. The molecule has 1 N–H and O–H groups in total. The molecule has 0 radical (unpaired) electrons. The monoisotopic (exact) mass is 397 g/mol. The molecule has 0 spiro atoms. The largest absolute Gasteiger partial charge is 0.342 e. The summed E-state index contributed by atoms with van der Waals surface area (Å²) in [5.74, 6) is -0.549. The first-order valence-corrected chi connectivity index (χ1v) is 11.2. The van der Waals surface area contributed by atoms with Gasteiger partial charge in [-0.15, -0.1) is 0 Å². The third kappa shape index (κ3) is 4.66. The highest BCUT2D eigenvalue weighted by molar-refractivity contribution is 7.59. The molecule has 1 aromatic rings. The van der Waals surface area contributed by atoms with Crippen LogP contribution in [-0.4, -0.2) is 53.1 Å². The maximum Gasteiger partial charge on any atom is 0.261 e. The van der Waals surface area contributed by atoms with Crippen molar-refractivity contribution in [2.24, 2.45) is 0 Å². The van der Waals surface area contributed by atoms with Gasteiger partial charge in [0.15, 0.2) is 0 Å². The highest BCUT2D eigenvalue weighted by Gasteiger charge is 2.44. The molecule has 150 valence electrons. The Morgan fingerprint density at radius 1 is 1.00 bits per heavy atom. The van der Waals surface area contributed by atoms with Gasteiger partial charge in [-0.2, -0.15) is 0 Å². The second kappa shape index (κ2) is 9.11. The van der Waals surface area contributed by atoms with Crippen molar-refractivity contribution in [3.8, 4) is 0 Å². The van der Waals surface area contributed by atoms with Crippen LogP contribution in [0.2, 0.25) is 0 Å². The number of imide groups is 1. The standard InChI is InChI=1S/C19H28NO6P/c1-4-25-19(3,26-5-2)27(23,24)14-10-6-9-13-20-17(21)15-11-7-8-12-16(15)18(20)22/h7-8,11-12H,4-6,9-10,13-14H2,1-3H3,(H,23,24). The van der Waals surface area contributed by atoms with Crippen LogP contribution in [0.15, 0.2) is 24.3 Å². The number of unbranched alkanes of at least 4 members (excludes halogenated alkanes) is 2. The van der Waals surface area contributed by atoms with E-state index in [1.54, 1.807) is 38.1 Å². The van der Waals surface area contributed by atoms with Crippen molar-refractivity contribution in [2.75, 3.05) is 25.9 Å². The van der Waals surface area contributed by atoms with Gasteiger partial charge in [0.05, 0.1) is 11.1 Å². The molecule has 0 saturated carbocycles. The van der Waals surface area contributed by atoms with Gasteiger partial charge in [0, 0.05) is 25.9 Å². The molecule has 2 rings (SSSR count). The van der Waals surface area contributed by atoms with Gasteiger partial charge in [0.1, 0.15) is 0 Å². The predicted octanol–water partition coefficient (Wildman–Crippen LogP) is 3.47. The van der Waals surface area contributed by atoms with E-state index in [4.69, 9.17) is 9.47 Å². The fourth-order valence-electron chi connectivity index (χ4n) is 3.20. The van der Waals surface area contributed by atoms with Crippen LogP contribution < -0.4 is 0 Å². The van der Waals surface area contributed by atoms with Gasteiger partial charge in [-0.25, -0.2) is 0 Å². The van der Waals surface area contributed by atoms with Crippen molar-refractivity contribution in [3.63, 3.8) is 0 Å². The Morgan fingerprint density at radius 2 is 1.52 bits per heavy atom. The van der Waals surface area contributed by atoms with E-state index in [0.29, 0.717) is 36.9 Å². The van der Waals surface area contributed by atoms with Gasteiger partial charge in [-0.1, -0.05) is 18.6 Å². The van der Waals surface area contributed by atoms with Gasteiger partial charge < -0.3 is 14.4 Å². The molecule has 0 aromatic heterocycles. The van der Waals surface area contributed by atoms with Crippen LogP contribution in [0.25, 0.3) is 0 Å². The van der Waals surface area contributed by atoms with Crippen molar-refractivity contribution < 1.29 is 28.5 Å². The Balaban J connectivity index is 1.83. The van der Waals surface area contributed by atoms with Crippen LogP contribution in [0.3, 0.4) is 0 Å². The summed E-state index contributed by atoms with van der Waals surface area (Å²) >= 11 is 0. The molecule has 27 heavy (non-hydrogen) atoms. The Labute approximate surface area is 160 Å². The lowest BCUT2D eigenvalue weighted by molar-refractivity contribution is -0.166. The number of nitrogens with zero attached hydrogens (tertiary/aromatic N) is 1. The number of fused-ring (bicyclic) bond motifs is 1. The minimum Gasteiger partial charge on any atom is -0.342 e. The van der Waals surface area contributed by atoms with Crippen LogP contribution in [0.1, 0.15) is 60.7 Å². The second-order valence-corrected chi connectivity index (χ2v) is 9.22. The number of amides is 2. The van der Waals surface area contributed by atoms with E-state index in [1.165, 1.54) is 11.8 Å². The molecule has 0 bridgehead atoms. The van der Waals surface area contributed by atoms with Crippen molar-refractivity contribution in [1.82, 2.24) is 4.90 Å². The second-order valence-electron chi connectivity index (χ2n) is 6.56. The minimum atomic E-state index is -3.68. The molecule has 1 unspecified atom stereocenters. The maximum absolute atomic E-state index is 12.7. The Hall–Kier alpha value is -1.53. The van der Waals surface area contributed by atoms with Crippen LogP contribution in [0.4, 0.5) is 0 Å². The van der Waals surface area contributed by atoms with Gasteiger partial charge in [-0.3, -0.25) is 19.1 Å². The van der Waals surface area contributed by atoms with Crippen LogP contribution in [0.5, 0.6) is 0 Å². The van der Waals surface area contributed by atoms with Crippen LogP contribution >= 0.6 is 7.37 Å². The van der Waals surface area contributed by atoms with Crippen LogP contribution in [-0.2, 0) is 14.0 Å². The molecule has 7 nitrogen and oxygen atoms in total. The van der Waals surface area contributed by atoms with E-state index in [0.717, 1.165) is 0 Å². The summed E-state index contributed by atoms with van der Waals surface area (Å²) in [7, 11) is -3.68. The zero-order chi connectivity index (χ0) is 20.1. The number of carbonyl (C=O) groups excluding carboxylic acids is 2. The van der Waals surface area contributed by atoms with Gasteiger partial charge in [-0.05, 0) is 45.7 Å². The highest BCUT2D eigenvalue weighted by Crippen LogP contribution is 2.56. The summed E-state index contributed by atoms with van der Waals surface area (Å²) < 4.78 is 23.5. The molecule has 1 aliphatic heterocycles. The molecule has 1 atom stereocenters. The Morgan fingerprint density at radius 3 is 2.00 bits per heavy atom. The lowest BCUT2D eigenvalue weighted by Gasteiger charge is -2.33. The van der Waals surface area contributed by atoms with Crippen molar-refractivity contribution in [3.05, 3.63) is 35.4 Å². The molecular weight excluding hydrogens is 369 g/mol. The fraction of sp³-hybridized carbons (Fsp3) is 0.579. The topological polar surface area (TPSA) is 93.1 Å². The summed E-state index contributed by atoms with van der Waals surface area (Å²) in [5.41, 5.74) is -0.628. The first kappa shape index (κ1) is 21.8. The lowest BCUT2D eigenvalue weighted by atomic mass is 10.1. The fourth-order valence-corrected chi connectivity index (χ4v) is 4.92. The van der Waals surface area contributed by atoms with Crippen molar-refractivity contribution in [2.45, 2.75) is 45.6 Å². The molecule has 0 aliphatic carbocycles. The Bertz CT molecular complexity index is 694. The molecule has 1 aromatic carbocycles. The van der Waals surface area contributed by atoms with E-state index in [9.17, 15) is 19.0 Å². The molecule has 1 heterocycles. The summed E-state index contributed by atoms with van der Waals surface area (Å²) in [6.45, 7) is 5.86. The van der Waals surface area contributed by atoms with Gasteiger partial charge in [0.25, 0.3) is 19.2 Å². The van der Waals surface area contributed by atoms with E-state index in [1.807, 2.05) is 0 Å². The smallest absolute Gasteiger partial charge is 0.261 e. The number of carbonyl (C=O) groups is 2. The van der Waals surface area contributed by atoms with E-state index >= 15 is 0 Å². The lowest BCUT2D eigenvalue weighted by Crippen LogP contribution is -2.33. The molecule has 0 saturated heterocycles. The minimum absolute atomic E-state index is 0.0611. The Kier molecular flexibility index (Phi) is 7.34. The normalized spacial score (nSPS) is 16.5. The third-order valence-corrected chi connectivity index (χ3v) is 7.13.